The Morgan fingerprint density at radius 2 is 2.47 bits per heavy atom. The van der Waals surface area contributed by atoms with E-state index in [0.717, 1.165) is 0 Å². The number of hydrogen-bond acceptors (Lipinski definition) is 4. The Kier molecular flexibility index (Phi) is 3.22. The molecule has 0 radical (unpaired) electrons. The summed E-state index contributed by atoms with van der Waals surface area (Å²) < 4.78 is 5.02. The molecule has 1 fully saturated rings. The number of aromatic nitrogens is 1. The summed E-state index contributed by atoms with van der Waals surface area (Å²) in [6.07, 6.45) is 1.81. The van der Waals surface area contributed by atoms with Crippen molar-refractivity contribution in [3.63, 3.8) is 0 Å². The van der Waals surface area contributed by atoms with Crippen LogP contribution in [0, 0.1) is 5.92 Å². The summed E-state index contributed by atoms with van der Waals surface area (Å²) >= 11 is 0. The quantitative estimate of drug-likeness (QED) is 0.782. The average Bonchev–Trinajstić information content (AvgIpc) is 2.77. The zero-order valence-electron chi connectivity index (χ0n) is 9.40. The minimum Gasteiger partial charge on any atom is -0.480 e. The molecule has 2 heterocycles. The van der Waals surface area contributed by atoms with Crippen LogP contribution in [-0.4, -0.2) is 30.5 Å². The van der Waals surface area contributed by atoms with Crippen LogP contribution in [0.1, 0.15) is 6.42 Å². The highest BCUT2D eigenvalue weighted by Crippen LogP contribution is 2.21. The molecule has 0 saturated carbocycles. The van der Waals surface area contributed by atoms with Crippen molar-refractivity contribution >= 4 is 17.5 Å². The summed E-state index contributed by atoms with van der Waals surface area (Å²) in [6, 6.07) is 3.41. The number of nitrogens with zero attached hydrogens (tertiary/aromatic N) is 1. The van der Waals surface area contributed by atoms with Gasteiger partial charge in [0.05, 0.1) is 13.0 Å². The molecular formula is C11H13N3O3. The number of amides is 2. The summed E-state index contributed by atoms with van der Waals surface area (Å²) in [5, 5.41) is 5.32. The van der Waals surface area contributed by atoms with Crippen LogP contribution in [0.4, 0.5) is 5.69 Å². The fourth-order valence-corrected chi connectivity index (χ4v) is 1.67. The maximum absolute atomic E-state index is 11.8. The molecule has 1 saturated heterocycles. The smallest absolute Gasteiger partial charge is 0.237 e. The molecule has 1 atom stereocenters. The number of pyridine rings is 1. The number of carbonyl (C=O) groups is 2. The topological polar surface area (TPSA) is 80.3 Å². The van der Waals surface area contributed by atoms with Crippen molar-refractivity contribution in [2.75, 3.05) is 19.0 Å². The number of anilines is 1. The van der Waals surface area contributed by atoms with Crippen molar-refractivity contribution in [1.82, 2.24) is 10.3 Å². The van der Waals surface area contributed by atoms with E-state index in [9.17, 15) is 9.59 Å². The van der Waals surface area contributed by atoms with Crippen LogP contribution >= 0.6 is 0 Å². The number of methoxy groups -OCH3 is 1. The van der Waals surface area contributed by atoms with Gasteiger partial charge in [-0.15, -0.1) is 0 Å². The standard InChI is InChI=1S/C11H13N3O3/c1-17-11-8(3-2-4-12-11)14-10(16)7-5-9(15)13-6-7/h2-4,7H,5-6H2,1H3,(H,13,15)(H,14,16). The maximum Gasteiger partial charge on any atom is 0.237 e. The second-order valence-corrected chi connectivity index (χ2v) is 3.75. The average molecular weight is 235 g/mol. The van der Waals surface area contributed by atoms with Crippen LogP contribution in [0.25, 0.3) is 0 Å². The molecule has 1 aromatic rings. The Morgan fingerprint density at radius 3 is 3.12 bits per heavy atom. The first-order chi connectivity index (χ1) is 8.20. The van der Waals surface area contributed by atoms with Crippen LogP contribution in [0.5, 0.6) is 5.88 Å². The lowest BCUT2D eigenvalue weighted by Crippen LogP contribution is -2.25. The molecule has 17 heavy (non-hydrogen) atoms. The highest BCUT2D eigenvalue weighted by atomic mass is 16.5. The minimum atomic E-state index is -0.326. The van der Waals surface area contributed by atoms with Crippen molar-refractivity contribution in [1.29, 1.82) is 0 Å². The molecule has 0 aliphatic carbocycles. The number of carbonyl (C=O) groups excluding carboxylic acids is 2. The highest BCUT2D eigenvalue weighted by molar-refractivity contribution is 5.97. The summed E-state index contributed by atoms with van der Waals surface area (Å²) in [7, 11) is 1.48. The van der Waals surface area contributed by atoms with Gasteiger partial charge in [0, 0.05) is 19.2 Å². The Bertz CT molecular complexity index is 447. The van der Waals surface area contributed by atoms with E-state index in [1.807, 2.05) is 0 Å². The van der Waals surface area contributed by atoms with Gasteiger partial charge in [-0.3, -0.25) is 9.59 Å². The Morgan fingerprint density at radius 1 is 1.65 bits per heavy atom. The van der Waals surface area contributed by atoms with E-state index in [1.165, 1.54) is 7.11 Å². The second kappa shape index (κ2) is 4.82. The van der Waals surface area contributed by atoms with Gasteiger partial charge in [0.1, 0.15) is 5.69 Å². The zero-order chi connectivity index (χ0) is 12.3. The zero-order valence-corrected chi connectivity index (χ0v) is 9.40. The lowest BCUT2D eigenvalue weighted by molar-refractivity contribution is -0.123. The SMILES string of the molecule is COc1ncccc1NC(=O)C1CNC(=O)C1. The summed E-state index contributed by atoms with van der Waals surface area (Å²) in [6.45, 7) is 0.382. The molecule has 1 unspecified atom stereocenters. The number of ether oxygens (including phenoxy) is 1. The lowest BCUT2D eigenvalue weighted by atomic mass is 10.1. The van der Waals surface area contributed by atoms with Gasteiger partial charge in [0.25, 0.3) is 0 Å². The van der Waals surface area contributed by atoms with E-state index in [2.05, 4.69) is 15.6 Å². The van der Waals surface area contributed by atoms with E-state index in [-0.39, 0.29) is 24.2 Å². The molecule has 2 rings (SSSR count). The fraction of sp³-hybridized carbons (Fsp3) is 0.364. The molecule has 1 aliphatic heterocycles. The molecule has 6 nitrogen and oxygen atoms in total. The van der Waals surface area contributed by atoms with Gasteiger partial charge in [-0.2, -0.15) is 0 Å². The van der Waals surface area contributed by atoms with Gasteiger partial charge in [-0.05, 0) is 12.1 Å². The molecule has 2 amide bonds. The third-order valence-electron chi connectivity index (χ3n) is 2.57. The number of rotatable bonds is 3. The van der Waals surface area contributed by atoms with Gasteiger partial charge in [0.2, 0.25) is 17.7 Å². The molecule has 6 heteroatoms. The van der Waals surface area contributed by atoms with E-state index in [4.69, 9.17) is 4.74 Å². The normalized spacial score (nSPS) is 18.6. The summed E-state index contributed by atoms with van der Waals surface area (Å²) in [5.41, 5.74) is 0.513. The Labute approximate surface area is 98.4 Å². The van der Waals surface area contributed by atoms with Crippen molar-refractivity contribution in [3.05, 3.63) is 18.3 Å². The Balaban J connectivity index is 2.05. The number of hydrogen-bond donors (Lipinski definition) is 2. The Hall–Kier alpha value is -2.11. The molecular weight excluding hydrogens is 222 g/mol. The van der Waals surface area contributed by atoms with Gasteiger partial charge < -0.3 is 15.4 Å². The molecule has 1 aliphatic rings. The van der Waals surface area contributed by atoms with Crippen molar-refractivity contribution in [3.8, 4) is 5.88 Å². The largest absolute Gasteiger partial charge is 0.480 e. The first-order valence-corrected chi connectivity index (χ1v) is 5.27. The van der Waals surface area contributed by atoms with Crippen molar-refractivity contribution in [2.24, 2.45) is 5.92 Å². The van der Waals surface area contributed by atoms with Gasteiger partial charge >= 0.3 is 0 Å². The molecule has 2 N–H and O–H groups in total. The first-order valence-electron chi connectivity index (χ1n) is 5.27. The molecule has 0 spiro atoms. The lowest BCUT2D eigenvalue weighted by Gasteiger charge is -2.11. The van der Waals surface area contributed by atoms with Crippen LogP contribution in [0.15, 0.2) is 18.3 Å². The molecule has 1 aromatic heterocycles. The number of nitrogens with one attached hydrogen (secondary N) is 2. The van der Waals surface area contributed by atoms with E-state index < -0.39 is 0 Å². The monoisotopic (exact) mass is 235 g/mol. The van der Waals surface area contributed by atoms with Crippen molar-refractivity contribution < 1.29 is 14.3 Å². The third-order valence-corrected chi connectivity index (χ3v) is 2.57. The fourth-order valence-electron chi connectivity index (χ4n) is 1.67. The van der Waals surface area contributed by atoms with E-state index >= 15 is 0 Å². The predicted molar refractivity (Wildman–Crippen MR) is 60.5 cm³/mol. The van der Waals surface area contributed by atoms with Crippen LogP contribution < -0.4 is 15.4 Å². The van der Waals surface area contributed by atoms with Gasteiger partial charge in [-0.25, -0.2) is 4.98 Å². The molecule has 90 valence electrons. The van der Waals surface area contributed by atoms with Gasteiger partial charge in [-0.1, -0.05) is 0 Å². The third kappa shape index (κ3) is 2.52. The van der Waals surface area contributed by atoms with E-state index in [0.29, 0.717) is 18.1 Å². The van der Waals surface area contributed by atoms with Crippen LogP contribution in [-0.2, 0) is 9.59 Å². The summed E-state index contributed by atoms with van der Waals surface area (Å²) in [5.74, 6) is -0.261. The minimum absolute atomic E-state index is 0.0942. The van der Waals surface area contributed by atoms with Crippen LogP contribution in [0.2, 0.25) is 0 Å². The highest BCUT2D eigenvalue weighted by Gasteiger charge is 2.28. The summed E-state index contributed by atoms with van der Waals surface area (Å²) in [4.78, 5) is 26.8. The van der Waals surface area contributed by atoms with Crippen LogP contribution in [0.3, 0.4) is 0 Å². The first kappa shape index (κ1) is 11.4. The van der Waals surface area contributed by atoms with Crippen molar-refractivity contribution in [2.45, 2.75) is 6.42 Å². The molecule has 0 bridgehead atoms. The van der Waals surface area contributed by atoms with Gasteiger partial charge in [0.15, 0.2) is 0 Å². The maximum atomic E-state index is 11.8. The second-order valence-electron chi connectivity index (χ2n) is 3.75. The van der Waals surface area contributed by atoms with E-state index in [1.54, 1.807) is 18.3 Å². The molecule has 0 aromatic carbocycles. The predicted octanol–water partition coefficient (Wildman–Crippen LogP) is 0.165.